The van der Waals surface area contributed by atoms with Crippen LogP contribution in [0.5, 0.6) is 0 Å². The van der Waals surface area contributed by atoms with Gasteiger partial charge in [-0.3, -0.25) is 4.79 Å². The smallest absolute Gasteiger partial charge is 0.408 e. The van der Waals surface area contributed by atoms with E-state index in [1.807, 2.05) is 27.7 Å². The Morgan fingerprint density at radius 1 is 1.52 bits per heavy atom. The lowest BCUT2D eigenvalue weighted by Crippen LogP contribution is -2.46. The van der Waals surface area contributed by atoms with Gasteiger partial charge < -0.3 is 14.8 Å². The molecule has 1 heterocycles. The van der Waals surface area contributed by atoms with Gasteiger partial charge in [0.25, 0.3) is 0 Å². The number of carbonyl (C=O) groups is 2. The Kier molecular flexibility index (Phi) is 6.25. The first-order chi connectivity index (χ1) is 10.5. The van der Waals surface area contributed by atoms with E-state index in [-0.39, 0.29) is 18.1 Å². The number of carbonyl (C=O) groups excluding carboxylic acids is 2. The molecule has 1 rings (SSSR count). The normalized spacial score (nSPS) is 25.9. The topological polar surface area (TPSA) is 64.6 Å². The van der Waals surface area contributed by atoms with Crippen molar-refractivity contribution in [2.24, 2.45) is 11.3 Å². The first-order valence-electron chi connectivity index (χ1n) is 8.28. The number of esters is 1. The van der Waals surface area contributed by atoms with E-state index >= 15 is 0 Å². The summed E-state index contributed by atoms with van der Waals surface area (Å²) in [6, 6.07) is -0.250. The summed E-state index contributed by atoms with van der Waals surface area (Å²) in [5.74, 6) is 0.141. The highest BCUT2D eigenvalue weighted by molar-refractivity contribution is 5.79. The van der Waals surface area contributed by atoms with Crippen molar-refractivity contribution in [3.63, 3.8) is 0 Å². The number of alkyl carbamates (subject to hydrolysis) is 1. The summed E-state index contributed by atoms with van der Waals surface area (Å²) in [4.78, 5) is 24.3. The van der Waals surface area contributed by atoms with Crippen molar-refractivity contribution in [3.05, 3.63) is 12.7 Å². The Bertz CT molecular complexity index is 452. The van der Waals surface area contributed by atoms with Gasteiger partial charge in [-0.1, -0.05) is 19.9 Å². The van der Waals surface area contributed by atoms with Crippen LogP contribution in [0.15, 0.2) is 12.7 Å². The minimum Gasteiger partial charge on any atom is -0.460 e. The summed E-state index contributed by atoms with van der Waals surface area (Å²) in [6.07, 6.45) is 2.80. The van der Waals surface area contributed by atoms with Crippen LogP contribution in [0.4, 0.5) is 4.79 Å². The van der Waals surface area contributed by atoms with Gasteiger partial charge in [0.1, 0.15) is 11.7 Å². The summed E-state index contributed by atoms with van der Waals surface area (Å²) >= 11 is 0. The van der Waals surface area contributed by atoms with Gasteiger partial charge in [-0.05, 0) is 46.5 Å². The third kappa shape index (κ3) is 5.88. The molecule has 5 nitrogen and oxygen atoms in total. The summed E-state index contributed by atoms with van der Waals surface area (Å²) < 4.78 is 10.9. The SMILES string of the molecule is C=CC[C@@]1(C)C[C@@H]([C@@H](CC(C)C)NC(=O)OC(C)(C)C)OC1=O. The molecule has 0 aromatic heterocycles. The van der Waals surface area contributed by atoms with E-state index in [1.165, 1.54) is 0 Å². The van der Waals surface area contributed by atoms with Gasteiger partial charge in [0, 0.05) is 6.42 Å². The lowest BCUT2D eigenvalue weighted by Gasteiger charge is -2.28. The molecule has 5 heteroatoms. The van der Waals surface area contributed by atoms with Crippen molar-refractivity contribution >= 4 is 12.1 Å². The molecule has 1 fully saturated rings. The Hall–Kier alpha value is -1.52. The second kappa shape index (κ2) is 7.37. The van der Waals surface area contributed by atoms with Gasteiger partial charge >= 0.3 is 12.1 Å². The zero-order valence-corrected chi connectivity index (χ0v) is 15.3. The second-order valence-corrected chi connectivity index (χ2v) is 8.08. The maximum atomic E-state index is 12.2. The largest absolute Gasteiger partial charge is 0.460 e. The molecule has 1 N–H and O–H groups in total. The van der Waals surface area contributed by atoms with Crippen LogP contribution < -0.4 is 5.32 Å². The quantitative estimate of drug-likeness (QED) is 0.595. The lowest BCUT2D eigenvalue weighted by atomic mass is 9.81. The molecule has 0 saturated carbocycles. The molecule has 0 aliphatic carbocycles. The van der Waals surface area contributed by atoms with Crippen molar-refractivity contribution in [1.29, 1.82) is 0 Å². The number of nitrogens with one attached hydrogen (secondary N) is 1. The van der Waals surface area contributed by atoms with E-state index in [0.29, 0.717) is 18.8 Å². The van der Waals surface area contributed by atoms with E-state index in [1.54, 1.807) is 6.08 Å². The van der Waals surface area contributed by atoms with E-state index < -0.39 is 17.1 Å². The number of cyclic esters (lactones) is 1. The predicted octanol–water partition coefficient (Wildman–Crippen LogP) is 3.82. The maximum Gasteiger partial charge on any atom is 0.408 e. The third-order valence-electron chi connectivity index (χ3n) is 3.87. The van der Waals surface area contributed by atoms with Gasteiger partial charge in [0.2, 0.25) is 0 Å². The molecule has 0 unspecified atom stereocenters. The highest BCUT2D eigenvalue weighted by Gasteiger charge is 2.47. The molecule has 0 spiro atoms. The molecule has 0 bridgehead atoms. The molecule has 23 heavy (non-hydrogen) atoms. The van der Waals surface area contributed by atoms with Crippen LogP contribution in [0.25, 0.3) is 0 Å². The van der Waals surface area contributed by atoms with E-state index in [2.05, 4.69) is 25.7 Å². The lowest BCUT2D eigenvalue weighted by molar-refractivity contribution is -0.149. The van der Waals surface area contributed by atoms with Crippen molar-refractivity contribution in [1.82, 2.24) is 5.32 Å². The standard InChI is InChI=1S/C18H31NO4/c1-8-9-18(7)11-14(22-15(18)20)13(10-12(2)3)19-16(21)23-17(4,5)6/h8,12-14H,1,9-11H2,2-7H3,(H,19,21)/t13-,14+,18+/m1/s1. The van der Waals surface area contributed by atoms with Crippen LogP contribution in [0.1, 0.15) is 60.8 Å². The number of allylic oxidation sites excluding steroid dienone is 1. The fraction of sp³-hybridized carbons (Fsp3) is 0.778. The minimum absolute atomic E-state index is 0.220. The summed E-state index contributed by atoms with van der Waals surface area (Å²) in [7, 11) is 0. The van der Waals surface area contributed by atoms with Gasteiger partial charge in [-0.2, -0.15) is 0 Å². The molecule has 3 atom stereocenters. The number of hydrogen-bond donors (Lipinski definition) is 1. The molecular weight excluding hydrogens is 294 g/mol. The fourth-order valence-corrected chi connectivity index (χ4v) is 2.83. The van der Waals surface area contributed by atoms with E-state index in [0.717, 1.165) is 6.42 Å². The molecule has 1 saturated heterocycles. The fourth-order valence-electron chi connectivity index (χ4n) is 2.83. The first kappa shape index (κ1) is 19.5. The van der Waals surface area contributed by atoms with Crippen LogP contribution >= 0.6 is 0 Å². The van der Waals surface area contributed by atoms with Gasteiger partial charge in [0.15, 0.2) is 0 Å². The average molecular weight is 325 g/mol. The second-order valence-electron chi connectivity index (χ2n) is 8.08. The molecule has 0 radical (unpaired) electrons. The summed E-state index contributed by atoms with van der Waals surface area (Å²) in [5, 5.41) is 2.88. The molecular formula is C18H31NO4. The zero-order valence-electron chi connectivity index (χ0n) is 15.3. The van der Waals surface area contributed by atoms with Crippen LogP contribution in [0, 0.1) is 11.3 Å². The average Bonchev–Trinajstić information content (AvgIpc) is 2.62. The third-order valence-corrected chi connectivity index (χ3v) is 3.87. The van der Waals surface area contributed by atoms with Gasteiger partial charge in [-0.15, -0.1) is 6.58 Å². The Morgan fingerprint density at radius 2 is 2.13 bits per heavy atom. The number of ether oxygens (including phenoxy) is 2. The molecule has 132 valence electrons. The highest BCUT2D eigenvalue weighted by atomic mass is 16.6. The maximum absolute atomic E-state index is 12.2. The first-order valence-corrected chi connectivity index (χ1v) is 8.28. The van der Waals surface area contributed by atoms with Gasteiger partial charge in [-0.25, -0.2) is 4.79 Å². The van der Waals surface area contributed by atoms with Gasteiger partial charge in [0.05, 0.1) is 11.5 Å². The van der Waals surface area contributed by atoms with Crippen molar-refractivity contribution in [2.45, 2.75) is 78.6 Å². The zero-order chi connectivity index (χ0) is 17.8. The minimum atomic E-state index is -0.559. The van der Waals surface area contributed by atoms with E-state index in [9.17, 15) is 9.59 Å². The summed E-state index contributed by atoms with van der Waals surface area (Å²) in [5.41, 5.74) is -1.12. The predicted molar refractivity (Wildman–Crippen MR) is 90.0 cm³/mol. The number of rotatable bonds is 6. The van der Waals surface area contributed by atoms with Crippen LogP contribution in [0.3, 0.4) is 0 Å². The number of amides is 1. The van der Waals surface area contributed by atoms with Crippen molar-refractivity contribution < 1.29 is 19.1 Å². The van der Waals surface area contributed by atoms with Crippen molar-refractivity contribution in [2.75, 3.05) is 0 Å². The van der Waals surface area contributed by atoms with Crippen LogP contribution in [-0.4, -0.2) is 29.8 Å². The van der Waals surface area contributed by atoms with Crippen molar-refractivity contribution in [3.8, 4) is 0 Å². The Labute approximate surface area is 139 Å². The molecule has 0 aromatic rings. The van der Waals surface area contributed by atoms with Crippen LogP contribution in [-0.2, 0) is 14.3 Å². The summed E-state index contributed by atoms with van der Waals surface area (Å²) in [6.45, 7) is 15.2. The van der Waals surface area contributed by atoms with E-state index in [4.69, 9.17) is 9.47 Å². The molecule has 1 amide bonds. The van der Waals surface area contributed by atoms with Crippen LogP contribution in [0.2, 0.25) is 0 Å². The monoisotopic (exact) mass is 325 g/mol. The molecule has 1 aliphatic heterocycles. The molecule has 1 aliphatic rings. The highest BCUT2D eigenvalue weighted by Crippen LogP contribution is 2.39. The number of hydrogen-bond acceptors (Lipinski definition) is 4. The Balaban J connectivity index is 2.81. The Morgan fingerprint density at radius 3 is 2.61 bits per heavy atom. The molecule has 0 aromatic carbocycles.